The first kappa shape index (κ1) is 15.8. The fourth-order valence-corrected chi connectivity index (χ4v) is 3.66. The molecule has 23 heavy (non-hydrogen) atoms. The van der Waals surface area contributed by atoms with Crippen molar-refractivity contribution < 1.29 is 14.3 Å². The van der Waals surface area contributed by atoms with Crippen LogP contribution in [-0.4, -0.2) is 41.9 Å². The van der Waals surface area contributed by atoms with Crippen LogP contribution in [0.25, 0.3) is 0 Å². The Morgan fingerprint density at radius 3 is 2.65 bits per heavy atom. The highest BCUT2D eigenvalue weighted by molar-refractivity contribution is 5.89. The van der Waals surface area contributed by atoms with Crippen LogP contribution in [0.3, 0.4) is 0 Å². The van der Waals surface area contributed by atoms with E-state index in [-0.39, 0.29) is 37.0 Å². The van der Waals surface area contributed by atoms with Gasteiger partial charge in [-0.05, 0) is 57.7 Å². The Labute approximate surface area is 137 Å². The Morgan fingerprint density at radius 1 is 1.26 bits per heavy atom. The molecule has 2 unspecified atom stereocenters. The number of hydrogen-bond acceptors (Lipinski definition) is 4. The van der Waals surface area contributed by atoms with Gasteiger partial charge < -0.3 is 14.5 Å². The number of nitrogens with zero attached hydrogens (tertiary/aromatic N) is 2. The number of benzene rings is 1. The van der Waals surface area contributed by atoms with Crippen LogP contribution in [0.1, 0.15) is 38.7 Å². The number of rotatable bonds is 2. The van der Waals surface area contributed by atoms with E-state index < -0.39 is 0 Å². The molecule has 0 aromatic heterocycles. The predicted molar refractivity (Wildman–Crippen MR) is 88.6 cm³/mol. The van der Waals surface area contributed by atoms with Crippen molar-refractivity contribution in [3.8, 4) is 5.75 Å². The fourth-order valence-electron chi connectivity index (χ4n) is 3.66. The summed E-state index contributed by atoms with van der Waals surface area (Å²) < 4.78 is 5.28. The second-order valence-electron chi connectivity index (χ2n) is 6.73. The van der Waals surface area contributed by atoms with Gasteiger partial charge in [0.1, 0.15) is 6.54 Å². The summed E-state index contributed by atoms with van der Waals surface area (Å²) >= 11 is 0. The SMILES string of the molecule is Cc1ccc2c(c1)N(CC(=O)N1C(C)CCCC1C)CC(=O)O2. The largest absolute Gasteiger partial charge is 0.423 e. The molecule has 5 heteroatoms. The van der Waals surface area contributed by atoms with Crippen molar-refractivity contribution in [3.05, 3.63) is 23.8 Å². The molecule has 0 saturated carbocycles. The van der Waals surface area contributed by atoms with Crippen LogP contribution >= 0.6 is 0 Å². The molecule has 0 N–H and O–H groups in total. The van der Waals surface area contributed by atoms with Crippen LogP contribution in [0.2, 0.25) is 0 Å². The second kappa shape index (κ2) is 6.22. The Morgan fingerprint density at radius 2 is 1.96 bits per heavy atom. The summed E-state index contributed by atoms with van der Waals surface area (Å²) in [5.41, 5.74) is 1.91. The van der Waals surface area contributed by atoms with Gasteiger partial charge in [-0.15, -0.1) is 0 Å². The van der Waals surface area contributed by atoms with E-state index in [9.17, 15) is 9.59 Å². The van der Waals surface area contributed by atoms with Crippen molar-refractivity contribution in [2.45, 2.75) is 52.1 Å². The Kier molecular flexibility index (Phi) is 4.28. The monoisotopic (exact) mass is 316 g/mol. The average Bonchev–Trinajstić information content (AvgIpc) is 2.47. The molecular formula is C18H24N2O3. The van der Waals surface area contributed by atoms with Crippen molar-refractivity contribution in [2.24, 2.45) is 0 Å². The number of amides is 1. The quantitative estimate of drug-likeness (QED) is 0.621. The topological polar surface area (TPSA) is 49.9 Å². The van der Waals surface area contributed by atoms with E-state index >= 15 is 0 Å². The van der Waals surface area contributed by atoms with Gasteiger partial charge in [0.25, 0.3) is 0 Å². The first-order chi connectivity index (χ1) is 11.0. The maximum Gasteiger partial charge on any atom is 0.331 e. The third-order valence-corrected chi connectivity index (χ3v) is 4.81. The first-order valence-corrected chi connectivity index (χ1v) is 8.33. The molecule has 1 saturated heterocycles. The van der Waals surface area contributed by atoms with Crippen molar-refractivity contribution >= 4 is 17.6 Å². The van der Waals surface area contributed by atoms with Crippen LogP contribution in [0.4, 0.5) is 5.69 Å². The summed E-state index contributed by atoms with van der Waals surface area (Å²) in [6, 6.07) is 6.20. The van der Waals surface area contributed by atoms with E-state index in [0.29, 0.717) is 5.75 Å². The molecule has 2 aliphatic heterocycles. The molecule has 3 rings (SSSR count). The van der Waals surface area contributed by atoms with Crippen molar-refractivity contribution in [2.75, 3.05) is 18.0 Å². The Balaban J connectivity index is 1.81. The molecule has 1 aromatic rings. The standard InChI is InChI=1S/C18H24N2O3/c1-12-7-8-16-15(9-12)19(11-18(22)23-16)10-17(21)20-13(2)5-4-6-14(20)3/h7-9,13-14H,4-6,10-11H2,1-3H3. The van der Waals surface area contributed by atoms with E-state index in [2.05, 4.69) is 13.8 Å². The van der Waals surface area contributed by atoms with Crippen LogP contribution in [-0.2, 0) is 9.59 Å². The van der Waals surface area contributed by atoms with Gasteiger partial charge in [0.2, 0.25) is 5.91 Å². The van der Waals surface area contributed by atoms with Crippen molar-refractivity contribution in [1.82, 2.24) is 4.90 Å². The van der Waals surface area contributed by atoms with Crippen LogP contribution in [0.5, 0.6) is 5.75 Å². The highest BCUT2D eigenvalue weighted by atomic mass is 16.5. The zero-order chi connectivity index (χ0) is 16.6. The lowest BCUT2D eigenvalue weighted by Crippen LogP contribution is -2.52. The molecule has 2 atom stereocenters. The van der Waals surface area contributed by atoms with Gasteiger partial charge in [0, 0.05) is 12.1 Å². The number of likely N-dealkylation sites (tertiary alicyclic amines) is 1. The molecule has 0 spiro atoms. The molecule has 2 aliphatic rings. The molecule has 1 aromatic carbocycles. The maximum atomic E-state index is 12.8. The molecule has 1 fully saturated rings. The summed E-state index contributed by atoms with van der Waals surface area (Å²) in [5, 5.41) is 0. The van der Waals surface area contributed by atoms with Gasteiger partial charge in [-0.3, -0.25) is 4.79 Å². The summed E-state index contributed by atoms with van der Waals surface area (Å²) in [7, 11) is 0. The third kappa shape index (κ3) is 3.19. The number of fused-ring (bicyclic) bond motifs is 1. The van der Waals surface area contributed by atoms with Gasteiger partial charge in [-0.1, -0.05) is 6.07 Å². The number of carbonyl (C=O) groups is 2. The maximum absolute atomic E-state index is 12.8. The van der Waals surface area contributed by atoms with E-state index in [0.717, 1.165) is 24.1 Å². The lowest BCUT2D eigenvalue weighted by atomic mass is 9.97. The van der Waals surface area contributed by atoms with Crippen molar-refractivity contribution in [1.29, 1.82) is 0 Å². The number of ether oxygens (including phenoxy) is 1. The molecule has 0 aliphatic carbocycles. The third-order valence-electron chi connectivity index (χ3n) is 4.81. The van der Waals surface area contributed by atoms with E-state index in [1.807, 2.05) is 28.9 Å². The molecule has 0 radical (unpaired) electrons. The number of esters is 1. The summed E-state index contributed by atoms with van der Waals surface area (Å²) in [5.74, 6) is 0.320. The lowest BCUT2D eigenvalue weighted by Gasteiger charge is -2.40. The summed E-state index contributed by atoms with van der Waals surface area (Å²) in [4.78, 5) is 28.5. The molecule has 2 heterocycles. The molecule has 1 amide bonds. The minimum atomic E-state index is -0.311. The smallest absolute Gasteiger partial charge is 0.331 e. The van der Waals surface area contributed by atoms with Gasteiger partial charge in [0.15, 0.2) is 5.75 Å². The lowest BCUT2D eigenvalue weighted by molar-refractivity contribution is -0.136. The normalized spacial score (nSPS) is 24.2. The highest BCUT2D eigenvalue weighted by Crippen LogP contribution is 2.33. The van der Waals surface area contributed by atoms with Gasteiger partial charge in [0.05, 0.1) is 12.2 Å². The summed E-state index contributed by atoms with van der Waals surface area (Å²) in [6.45, 7) is 6.55. The average molecular weight is 316 g/mol. The number of anilines is 1. The minimum absolute atomic E-state index is 0.0897. The minimum Gasteiger partial charge on any atom is -0.423 e. The van der Waals surface area contributed by atoms with E-state index in [1.165, 1.54) is 6.42 Å². The number of carbonyl (C=O) groups excluding carboxylic acids is 2. The van der Waals surface area contributed by atoms with E-state index in [1.54, 1.807) is 6.07 Å². The number of hydrogen-bond donors (Lipinski definition) is 0. The van der Waals surface area contributed by atoms with Crippen LogP contribution in [0.15, 0.2) is 18.2 Å². The molecule has 0 bridgehead atoms. The first-order valence-electron chi connectivity index (χ1n) is 8.33. The van der Waals surface area contributed by atoms with E-state index in [4.69, 9.17) is 4.74 Å². The predicted octanol–water partition coefficient (Wildman–Crippen LogP) is 2.51. The highest BCUT2D eigenvalue weighted by Gasteiger charge is 2.32. The fraction of sp³-hybridized carbons (Fsp3) is 0.556. The molecular weight excluding hydrogens is 292 g/mol. The zero-order valence-corrected chi connectivity index (χ0v) is 14.0. The molecule has 124 valence electrons. The Hall–Kier alpha value is -2.04. The van der Waals surface area contributed by atoms with Crippen LogP contribution in [0, 0.1) is 6.92 Å². The summed E-state index contributed by atoms with van der Waals surface area (Å²) in [6.07, 6.45) is 3.27. The zero-order valence-electron chi connectivity index (χ0n) is 14.0. The van der Waals surface area contributed by atoms with Crippen molar-refractivity contribution in [3.63, 3.8) is 0 Å². The second-order valence-corrected chi connectivity index (χ2v) is 6.73. The van der Waals surface area contributed by atoms with Gasteiger partial charge >= 0.3 is 5.97 Å². The van der Waals surface area contributed by atoms with Crippen LogP contribution < -0.4 is 9.64 Å². The van der Waals surface area contributed by atoms with Gasteiger partial charge in [-0.2, -0.15) is 0 Å². The molecule has 5 nitrogen and oxygen atoms in total. The number of aryl methyl sites for hydroxylation is 1. The van der Waals surface area contributed by atoms with Gasteiger partial charge in [-0.25, -0.2) is 4.79 Å². The Bertz CT molecular complexity index is 619. The number of piperidine rings is 1.